The van der Waals surface area contributed by atoms with Crippen molar-refractivity contribution in [2.45, 2.75) is 11.8 Å². The molecule has 0 amide bonds. The first-order valence-electron chi connectivity index (χ1n) is 12.1. The lowest BCUT2D eigenvalue weighted by atomic mass is 9.67. The number of hydrogen-bond donors (Lipinski definition) is 3. The van der Waals surface area contributed by atoms with Crippen LogP contribution in [0.2, 0.25) is 0 Å². The molecule has 8 heteroatoms. The average Bonchev–Trinajstić information content (AvgIpc) is 3.21. The molecular formula is C31H25BrO6S. The topological polar surface area (TPSA) is 93.1 Å². The number of hydrogen-bond acceptors (Lipinski definition) is 5. The van der Waals surface area contributed by atoms with Crippen LogP contribution < -0.4 is 9.47 Å². The van der Waals surface area contributed by atoms with E-state index in [9.17, 15) is 19.8 Å². The van der Waals surface area contributed by atoms with Gasteiger partial charge in [0.2, 0.25) is 0 Å². The van der Waals surface area contributed by atoms with Gasteiger partial charge in [-0.25, -0.2) is 9.59 Å². The number of aromatic carboxylic acids is 2. The van der Waals surface area contributed by atoms with E-state index < -0.39 is 17.4 Å². The first-order valence-corrected chi connectivity index (χ1v) is 13.6. The summed E-state index contributed by atoms with van der Waals surface area (Å²) in [6.07, 6.45) is 0.735. The molecular weight excluding hydrogens is 580 g/mol. The van der Waals surface area contributed by atoms with Gasteiger partial charge in [0.15, 0.2) is 0 Å². The Balaban J connectivity index is 1.98. The zero-order valence-electron chi connectivity index (χ0n) is 21.2. The maximum atomic E-state index is 12.3. The third kappa shape index (κ3) is 4.28. The van der Waals surface area contributed by atoms with Gasteiger partial charge in [0.05, 0.1) is 19.6 Å². The normalized spacial score (nSPS) is 12.9. The number of halogens is 1. The molecule has 0 bridgehead atoms. The molecule has 0 radical (unpaired) electrons. The van der Waals surface area contributed by atoms with Crippen LogP contribution in [0.3, 0.4) is 0 Å². The Morgan fingerprint density at radius 2 is 1.28 bits per heavy atom. The lowest BCUT2D eigenvalue weighted by molar-refractivity contribution is 0.0682. The molecule has 0 fully saturated rings. The van der Waals surface area contributed by atoms with Gasteiger partial charge in [-0.3, -0.25) is 0 Å². The van der Waals surface area contributed by atoms with Crippen molar-refractivity contribution in [1.82, 2.24) is 0 Å². The van der Waals surface area contributed by atoms with Gasteiger partial charge in [0, 0.05) is 4.47 Å². The molecule has 2 N–H and O–H groups in total. The van der Waals surface area contributed by atoms with Crippen molar-refractivity contribution in [2.75, 3.05) is 20.0 Å². The number of carbonyl (C=O) groups is 2. The van der Waals surface area contributed by atoms with Crippen molar-refractivity contribution in [2.24, 2.45) is 0 Å². The van der Waals surface area contributed by atoms with E-state index in [0.717, 1.165) is 38.7 Å². The van der Waals surface area contributed by atoms with Gasteiger partial charge < -0.3 is 19.7 Å². The summed E-state index contributed by atoms with van der Waals surface area (Å²) in [4.78, 5) is 24.6. The second-order valence-electron chi connectivity index (χ2n) is 9.23. The van der Waals surface area contributed by atoms with Crippen LogP contribution in [0.1, 0.15) is 48.5 Å². The summed E-state index contributed by atoms with van der Waals surface area (Å²) in [6.45, 7) is 0. The molecule has 6 nitrogen and oxygen atoms in total. The summed E-state index contributed by atoms with van der Waals surface area (Å²) < 4.78 is 11.6. The van der Waals surface area contributed by atoms with E-state index in [4.69, 9.17) is 9.47 Å². The number of carboxylic acid groups (broad SMARTS) is 2. The molecule has 0 unspecified atom stereocenters. The molecule has 4 aromatic carbocycles. The summed E-state index contributed by atoms with van der Waals surface area (Å²) >= 11 is 8.06. The standard InChI is InChI=1S/C31H25BrO6S/c1-37-27-9-4-18(14-23(27)29(33)34)31(19-5-10-28(38-2)24(15-19)30(35)36)25-13-17(11-12-39)3-7-21(25)22-8-6-20(32)16-26(22)31/h3-10,13-16,39H,11-12H2,1-2H3,(H,33,34)(H,35,36). The van der Waals surface area contributed by atoms with Gasteiger partial charge in [0.25, 0.3) is 0 Å². The van der Waals surface area contributed by atoms with Gasteiger partial charge >= 0.3 is 11.9 Å². The Hall–Kier alpha value is -3.75. The fourth-order valence-corrected chi connectivity index (χ4v) is 6.25. The van der Waals surface area contributed by atoms with Crippen LogP contribution in [-0.4, -0.2) is 42.1 Å². The summed E-state index contributed by atoms with van der Waals surface area (Å²) in [7, 11) is 2.86. The van der Waals surface area contributed by atoms with E-state index in [2.05, 4.69) is 46.8 Å². The van der Waals surface area contributed by atoms with E-state index in [-0.39, 0.29) is 22.6 Å². The highest BCUT2D eigenvalue weighted by Crippen LogP contribution is 2.57. The first kappa shape index (κ1) is 26.8. The average molecular weight is 606 g/mol. The number of ether oxygens (including phenoxy) is 2. The molecule has 39 heavy (non-hydrogen) atoms. The van der Waals surface area contributed by atoms with Crippen molar-refractivity contribution in [1.29, 1.82) is 0 Å². The van der Waals surface area contributed by atoms with Crippen LogP contribution in [-0.2, 0) is 11.8 Å². The van der Waals surface area contributed by atoms with Gasteiger partial charge in [-0.1, -0.05) is 52.3 Å². The second kappa shape index (κ2) is 10.4. The molecule has 0 spiro atoms. The van der Waals surface area contributed by atoms with Crippen molar-refractivity contribution in [3.05, 3.63) is 116 Å². The summed E-state index contributed by atoms with van der Waals surface area (Å²) in [5.41, 5.74) is 5.19. The molecule has 1 aliphatic rings. The van der Waals surface area contributed by atoms with Gasteiger partial charge in [-0.2, -0.15) is 12.6 Å². The SMILES string of the molecule is COc1ccc(C2(c3ccc(OC)c(C(=O)O)c3)c3cc(Br)ccc3-c3ccc(CCS)cc32)cc1C(=O)O. The van der Waals surface area contributed by atoms with Crippen molar-refractivity contribution < 1.29 is 29.3 Å². The van der Waals surface area contributed by atoms with E-state index >= 15 is 0 Å². The predicted molar refractivity (Wildman–Crippen MR) is 156 cm³/mol. The fourth-order valence-electron chi connectivity index (χ4n) is 5.63. The maximum absolute atomic E-state index is 12.3. The van der Waals surface area contributed by atoms with Gasteiger partial charge in [0.1, 0.15) is 22.6 Å². The molecule has 0 aromatic heterocycles. The molecule has 0 atom stereocenters. The molecule has 0 heterocycles. The van der Waals surface area contributed by atoms with E-state index in [1.165, 1.54) is 14.2 Å². The second-order valence-corrected chi connectivity index (χ2v) is 10.6. The Morgan fingerprint density at radius 3 is 1.77 bits per heavy atom. The number of benzene rings is 4. The number of methoxy groups -OCH3 is 2. The van der Waals surface area contributed by atoms with E-state index in [1.807, 2.05) is 30.3 Å². The maximum Gasteiger partial charge on any atom is 0.339 e. The monoisotopic (exact) mass is 604 g/mol. The van der Waals surface area contributed by atoms with Crippen LogP contribution >= 0.6 is 28.6 Å². The third-order valence-electron chi connectivity index (χ3n) is 7.29. The Labute approximate surface area is 239 Å². The molecule has 0 aliphatic heterocycles. The van der Waals surface area contributed by atoms with Crippen LogP contribution in [0.25, 0.3) is 11.1 Å². The van der Waals surface area contributed by atoms with Crippen molar-refractivity contribution in [3.8, 4) is 22.6 Å². The van der Waals surface area contributed by atoms with Gasteiger partial charge in [-0.15, -0.1) is 0 Å². The Morgan fingerprint density at radius 1 is 0.769 bits per heavy atom. The molecule has 1 aliphatic carbocycles. The zero-order chi connectivity index (χ0) is 27.9. The zero-order valence-corrected chi connectivity index (χ0v) is 23.7. The molecule has 4 aromatic rings. The first-order chi connectivity index (χ1) is 18.8. The Kier molecular flexibility index (Phi) is 7.18. The molecule has 0 saturated carbocycles. The lowest BCUT2D eigenvalue weighted by Gasteiger charge is -2.35. The van der Waals surface area contributed by atoms with E-state index in [0.29, 0.717) is 16.9 Å². The highest BCUT2D eigenvalue weighted by Gasteiger charge is 2.47. The predicted octanol–water partition coefficient (Wildman–Crippen LogP) is 6.70. The summed E-state index contributed by atoms with van der Waals surface area (Å²) in [5.74, 6) is -1.12. The minimum atomic E-state index is -1.12. The fraction of sp³-hybridized carbons (Fsp3) is 0.161. The molecule has 5 rings (SSSR count). The van der Waals surface area contributed by atoms with Crippen LogP contribution in [0.4, 0.5) is 0 Å². The number of fused-ring (bicyclic) bond motifs is 3. The van der Waals surface area contributed by atoms with Crippen LogP contribution in [0.5, 0.6) is 11.5 Å². The van der Waals surface area contributed by atoms with Gasteiger partial charge in [-0.05, 0) is 87.5 Å². The largest absolute Gasteiger partial charge is 0.496 e. The minimum absolute atomic E-state index is 0.0119. The summed E-state index contributed by atoms with van der Waals surface area (Å²) in [5, 5.41) is 20.1. The number of thiol groups is 1. The molecule has 0 saturated heterocycles. The lowest BCUT2D eigenvalue weighted by Crippen LogP contribution is -2.29. The number of carboxylic acids is 2. The smallest absolute Gasteiger partial charge is 0.339 e. The third-order valence-corrected chi connectivity index (χ3v) is 8.01. The highest BCUT2D eigenvalue weighted by atomic mass is 79.9. The van der Waals surface area contributed by atoms with Crippen LogP contribution in [0, 0.1) is 0 Å². The summed E-state index contributed by atoms with van der Waals surface area (Å²) in [6, 6.07) is 22.5. The van der Waals surface area contributed by atoms with Crippen molar-refractivity contribution in [3.63, 3.8) is 0 Å². The van der Waals surface area contributed by atoms with E-state index in [1.54, 1.807) is 24.3 Å². The molecule has 198 valence electrons. The van der Waals surface area contributed by atoms with Crippen molar-refractivity contribution >= 4 is 40.5 Å². The number of rotatable bonds is 8. The Bertz CT molecular complexity index is 1560. The highest BCUT2D eigenvalue weighted by molar-refractivity contribution is 9.10. The van der Waals surface area contributed by atoms with Crippen LogP contribution in [0.15, 0.2) is 77.3 Å². The number of aryl methyl sites for hydroxylation is 1. The minimum Gasteiger partial charge on any atom is -0.496 e. The quantitative estimate of drug-likeness (QED) is 0.171.